The van der Waals surface area contributed by atoms with Crippen LogP contribution in [0.2, 0.25) is 0 Å². The molecule has 4 nitrogen and oxygen atoms in total. The van der Waals surface area contributed by atoms with Gasteiger partial charge in [-0.05, 0) is 23.9 Å². The van der Waals surface area contributed by atoms with Gasteiger partial charge >= 0.3 is 5.97 Å². The molecule has 0 aliphatic carbocycles. The second-order valence-electron chi connectivity index (χ2n) is 3.13. The lowest BCUT2D eigenvalue weighted by Gasteiger charge is -2.01. The molecule has 5 heteroatoms. The minimum absolute atomic E-state index is 0.156. The van der Waals surface area contributed by atoms with Gasteiger partial charge in [0.05, 0.1) is 12.1 Å². The smallest absolute Gasteiger partial charge is 0.303 e. The Morgan fingerprint density at radius 3 is 2.85 bits per heavy atom. The van der Waals surface area contributed by atoms with Gasteiger partial charge in [-0.2, -0.15) is 0 Å². The summed E-state index contributed by atoms with van der Waals surface area (Å²) in [5.41, 5.74) is 0.936. The topological polar surface area (TPSA) is 63.1 Å². The Kier molecular flexibility index (Phi) is 3.36. The fourth-order valence-corrected chi connectivity index (χ4v) is 1.84. The predicted molar refractivity (Wildman–Crippen MR) is 50.0 cm³/mol. The molecule has 1 rings (SSSR count). The molecule has 72 valence electrons. The molecule has 1 N–H and O–H groups in total. The van der Waals surface area contributed by atoms with Crippen molar-refractivity contribution in [2.75, 3.05) is 0 Å². The Balaban J connectivity index is 2.65. The van der Waals surface area contributed by atoms with Crippen molar-refractivity contribution in [1.82, 2.24) is 9.59 Å². The van der Waals surface area contributed by atoms with Gasteiger partial charge in [-0.3, -0.25) is 4.79 Å². The molecule has 0 unspecified atom stereocenters. The van der Waals surface area contributed by atoms with Crippen LogP contribution in [0.4, 0.5) is 0 Å². The van der Waals surface area contributed by atoms with Gasteiger partial charge in [0.15, 0.2) is 0 Å². The molecule has 0 saturated heterocycles. The van der Waals surface area contributed by atoms with Crippen molar-refractivity contribution in [3.63, 3.8) is 0 Å². The van der Waals surface area contributed by atoms with Gasteiger partial charge in [0.25, 0.3) is 0 Å². The SMILES string of the molecule is CC(C)c1nnsc1CCC(=O)O. The zero-order valence-corrected chi connectivity index (χ0v) is 8.47. The Morgan fingerprint density at radius 1 is 1.62 bits per heavy atom. The number of carboxylic acids is 1. The van der Waals surface area contributed by atoms with Crippen LogP contribution in [-0.4, -0.2) is 20.7 Å². The van der Waals surface area contributed by atoms with Crippen molar-refractivity contribution < 1.29 is 9.90 Å². The molecule has 1 aromatic heterocycles. The maximum Gasteiger partial charge on any atom is 0.303 e. The summed E-state index contributed by atoms with van der Waals surface area (Å²) in [7, 11) is 0. The van der Waals surface area contributed by atoms with E-state index in [1.54, 1.807) is 0 Å². The molecule has 0 aliphatic rings. The summed E-state index contributed by atoms with van der Waals surface area (Å²) in [5.74, 6) is -0.453. The van der Waals surface area contributed by atoms with Crippen molar-refractivity contribution in [3.05, 3.63) is 10.6 Å². The van der Waals surface area contributed by atoms with E-state index in [9.17, 15) is 4.79 Å². The van der Waals surface area contributed by atoms with Crippen molar-refractivity contribution in [2.24, 2.45) is 0 Å². The predicted octanol–water partition coefficient (Wildman–Crippen LogP) is 1.68. The third-order valence-electron chi connectivity index (χ3n) is 1.70. The van der Waals surface area contributed by atoms with E-state index in [0.717, 1.165) is 10.6 Å². The van der Waals surface area contributed by atoms with Crippen LogP contribution in [0.15, 0.2) is 0 Å². The minimum Gasteiger partial charge on any atom is -0.481 e. The molecule has 0 aromatic carbocycles. The lowest BCUT2D eigenvalue weighted by atomic mass is 10.1. The highest BCUT2D eigenvalue weighted by Gasteiger charge is 2.12. The molecular formula is C8H12N2O2S. The Morgan fingerprint density at radius 2 is 2.31 bits per heavy atom. The number of rotatable bonds is 4. The highest BCUT2D eigenvalue weighted by molar-refractivity contribution is 7.05. The molecule has 0 fully saturated rings. The van der Waals surface area contributed by atoms with Crippen LogP contribution in [0, 0.1) is 0 Å². The minimum atomic E-state index is -0.775. The zero-order valence-electron chi connectivity index (χ0n) is 7.65. The quantitative estimate of drug-likeness (QED) is 0.803. The van der Waals surface area contributed by atoms with Gasteiger partial charge in [0, 0.05) is 4.88 Å². The van der Waals surface area contributed by atoms with Crippen LogP contribution in [0.3, 0.4) is 0 Å². The second-order valence-corrected chi connectivity index (χ2v) is 3.97. The van der Waals surface area contributed by atoms with Crippen molar-refractivity contribution >= 4 is 17.5 Å². The highest BCUT2D eigenvalue weighted by Crippen LogP contribution is 2.20. The lowest BCUT2D eigenvalue weighted by molar-refractivity contribution is -0.136. The zero-order chi connectivity index (χ0) is 9.84. The summed E-state index contributed by atoms with van der Waals surface area (Å²) in [6.07, 6.45) is 0.699. The average Bonchev–Trinajstić information content (AvgIpc) is 2.47. The fraction of sp³-hybridized carbons (Fsp3) is 0.625. The van der Waals surface area contributed by atoms with Gasteiger partial charge < -0.3 is 5.11 Å². The van der Waals surface area contributed by atoms with Crippen molar-refractivity contribution in [2.45, 2.75) is 32.6 Å². The summed E-state index contributed by atoms with van der Waals surface area (Å²) in [6.45, 7) is 4.06. The monoisotopic (exact) mass is 200 g/mol. The van der Waals surface area contributed by atoms with Gasteiger partial charge in [-0.1, -0.05) is 18.3 Å². The van der Waals surface area contributed by atoms with Gasteiger partial charge in [0.1, 0.15) is 0 Å². The molecule has 1 heterocycles. The molecular weight excluding hydrogens is 188 g/mol. The van der Waals surface area contributed by atoms with Crippen LogP contribution in [0.25, 0.3) is 0 Å². The summed E-state index contributed by atoms with van der Waals surface area (Å²) >= 11 is 1.30. The largest absolute Gasteiger partial charge is 0.481 e. The summed E-state index contributed by atoms with van der Waals surface area (Å²) in [6, 6.07) is 0. The van der Waals surface area contributed by atoms with E-state index in [0.29, 0.717) is 12.3 Å². The van der Waals surface area contributed by atoms with Crippen LogP contribution in [-0.2, 0) is 11.2 Å². The second kappa shape index (κ2) is 4.32. The fourth-order valence-electron chi connectivity index (χ4n) is 1.05. The van der Waals surface area contributed by atoms with Crippen LogP contribution in [0.1, 0.15) is 36.8 Å². The van der Waals surface area contributed by atoms with Crippen LogP contribution < -0.4 is 0 Å². The first-order chi connectivity index (χ1) is 6.11. The number of aromatic nitrogens is 2. The number of nitrogens with zero attached hydrogens (tertiary/aromatic N) is 2. The summed E-state index contributed by atoms with van der Waals surface area (Å²) in [4.78, 5) is 11.3. The maximum absolute atomic E-state index is 10.3. The highest BCUT2D eigenvalue weighted by atomic mass is 32.1. The molecule has 0 bridgehead atoms. The number of carboxylic acid groups (broad SMARTS) is 1. The number of carbonyl (C=O) groups is 1. The van der Waals surface area contributed by atoms with Gasteiger partial charge in [0.2, 0.25) is 0 Å². The number of hydrogen-bond acceptors (Lipinski definition) is 4. The molecule has 0 aliphatic heterocycles. The first kappa shape index (κ1) is 10.1. The molecule has 0 atom stereocenters. The van der Waals surface area contributed by atoms with E-state index in [1.807, 2.05) is 13.8 Å². The standard InChI is InChI=1S/C8H12N2O2S/c1-5(2)8-6(13-10-9-8)3-4-7(11)12/h5H,3-4H2,1-2H3,(H,11,12). The molecule has 1 aromatic rings. The van der Waals surface area contributed by atoms with E-state index in [1.165, 1.54) is 11.5 Å². The van der Waals surface area contributed by atoms with Gasteiger partial charge in [-0.15, -0.1) is 5.10 Å². The maximum atomic E-state index is 10.3. The Bertz CT molecular complexity index is 296. The van der Waals surface area contributed by atoms with Crippen molar-refractivity contribution in [3.8, 4) is 0 Å². The van der Waals surface area contributed by atoms with Crippen molar-refractivity contribution in [1.29, 1.82) is 0 Å². The first-order valence-corrected chi connectivity index (χ1v) is 4.91. The molecule has 0 spiro atoms. The van der Waals surface area contributed by atoms with E-state index in [-0.39, 0.29) is 6.42 Å². The molecule has 0 radical (unpaired) electrons. The van der Waals surface area contributed by atoms with E-state index >= 15 is 0 Å². The first-order valence-electron chi connectivity index (χ1n) is 4.14. The van der Waals surface area contributed by atoms with Gasteiger partial charge in [-0.25, -0.2) is 0 Å². The number of hydrogen-bond donors (Lipinski definition) is 1. The molecule has 0 amide bonds. The van der Waals surface area contributed by atoms with Crippen LogP contribution >= 0.6 is 11.5 Å². The summed E-state index contributed by atoms with van der Waals surface area (Å²) in [5, 5.41) is 12.5. The Hall–Kier alpha value is -0.970. The van der Waals surface area contributed by atoms with E-state index in [2.05, 4.69) is 9.59 Å². The van der Waals surface area contributed by atoms with Crippen LogP contribution in [0.5, 0.6) is 0 Å². The normalized spacial score (nSPS) is 10.7. The molecule has 13 heavy (non-hydrogen) atoms. The number of aryl methyl sites for hydroxylation is 1. The lowest BCUT2D eigenvalue weighted by Crippen LogP contribution is -1.99. The third-order valence-corrected chi connectivity index (χ3v) is 2.50. The Labute approximate surface area is 80.8 Å². The number of aliphatic carboxylic acids is 1. The average molecular weight is 200 g/mol. The van der Waals surface area contributed by atoms with E-state index in [4.69, 9.17) is 5.11 Å². The van der Waals surface area contributed by atoms with E-state index < -0.39 is 5.97 Å². The third kappa shape index (κ3) is 2.77. The molecule has 0 saturated carbocycles. The summed E-state index contributed by atoms with van der Waals surface area (Å²) < 4.78 is 3.82.